The second-order valence-corrected chi connectivity index (χ2v) is 4.36. The van der Waals surface area contributed by atoms with Crippen molar-refractivity contribution in [2.75, 3.05) is 14.1 Å². The van der Waals surface area contributed by atoms with Gasteiger partial charge in [-0.15, -0.1) is 4.83 Å². The zero-order chi connectivity index (χ0) is 10.8. The largest absolute Gasteiger partial charge is 0.273 e. The molecule has 0 saturated heterocycles. The van der Waals surface area contributed by atoms with Crippen molar-refractivity contribution in [3.63, 3.8) is 0 Å². The average Bonchev–Trinajstić information content (AvgIpc) is 2.02. The van der Waals surface area contributed by atoms with Gasteiger partial charge in [0.1, 0.15) is 0 Å². The molecule has 1 N–H and O–H groups in total. The maximum atomic E-state index is 13.0. The molecule has 78 valence electrons. The molecule has 0 aromatic carbocycles. The molecule has 0 aliphatic carbocycles. The molecule has 1 rings (SSSR count). The number of rotatable bonds is 3. The van der Waals surface area contributed by atoms with Crippen molar-refractivity contribution < 1.29 is 12.8 Å². The van der Waals surface area contributed by atoms with Crippen LogP contribution in [0.5, 0.6) is 0 Å². The van der Waals surface area contributed by atoms with Crippen LogP contribution in [-0.4, -0.2) is 32.5 Å². The molecule has 7 heteroatoms. The number of hydrogen-bond donors (Lipinski definition) is 1. The van der Waals surface area contributed by atoms with E-state index in [1.54, 1.807) is 0 Å². The van der Waals surface area contributed by atoms with Crippen LogP contribution in [-0.2, 0) is 10.0 Å². The van der Waals surface area contributed by atoms with E-state index in [0.717, 1.165) is 6.07 Å². The third kappa shape index (κ3) is 2.47. The molecule has 1 heterocycles. The summed E-state index contributed by atoms with van der Waals surface area (Å²) in [6.45, 7) is 0. The van der Waals surface area contributed by atoms with Crippen molar-refractivity contribution in [1.82, 2.24) is 14.8 Å². The van der Waals surface area contributed by atoms with Gasteiger partial charge >= 0.3 is 0 Å². The summed E-state index contributed by atoms with van der Waals surface area (Å²) in [5.74, 6) is -0.873. The van der Waals surface area contributed by atoms with Gasteiger partial charge in [-0.1, -0.05) is 0 Å². The molecule has 0 fully saturated rings. The smallest absolute Gasteiger partial charge is 0.241 e. The minimum Gasteiger partial charge on any atom is -0.241 e. The Morgan fingerprint density at radius 3 is 2.64 bits per heavy atom. The minimum absolute atomic E-state index is 0.603. The molecule has 1 aromatic rings. The van der Waals surface area contributed by atoms with E-state index < -0.39 is 20.9 Å². The van der Waals surface area contributed by atoms with Crippen molar-refractivity contribution >= 4 is 10.0 Å². The molecule has 0 spiro atoms. The molecule has 0 unspecified atom stereocenters. The number of hydrazine groups is 1. The Morgan fingerprint density at radius 2 is 2.14 bits per heavy atom. The summed E-state index contributed by atoms with van der Waals surface area (Å²) in [5, 5.41) is 0.595. The first kappa shape index (κ1) is 11.0. The molecule has 14 heavy (non-hydrogen) atoms. The second-order valence-electron chi connectivity index (χ2n) is 2.78. The fraction of sp³-hybridized carbons (Fsp3) is 0.286. The summed E-state index contributed by atoms with van der Waals surface area (Å²) >= 11 is 0. The first-order chi connectivity index (χ1) is 6.43. The van der Waals surface area contributed by atoms with Crippen molar-refractivity contribution in [2.45, 2.75) is 5.03 Å². The molecule has 0 aliphatic heterocycles. The average molecular weight is 219 g/mol. The van der Waals surface area contributed by atoms with E-state index >= 15 is 0 Å². The molecule has 0 radical (unpaired) electrons. The number of pyridine rings is 1. The Bertz CT molecular complexity index is 419. The third-order valence-corrected chi connectivity index (χ3v) is 2.70. The lowest BCUT2D eigenvalue weighted by Gasteiger charge is -2.11. The Labute approximate surface area is 81.6 Å². The minimum atomic E-state index is -3.90. The van der Waals surface area contributed by atoms with E-state index in [9.17, 15) is 12.8 Å². The number of hydrogen-bond acceptors (Lipinski definition) is 4. The molecule has 0 aliphatic rings. The van der Waals surface area contributed by atoms with Gasteiger partial charge < -0.3 is 0 Å². The number of aromatic nitrogens is 1. The summed E-state index contributed by atoms with van der Waals surface area (Å²) < 4.78 is 35.9. The first-order valence-corrected chi connectivity index (χ1v) is 5.22. The quantitative estimate of drug-likeness (QED) is 0.725. The monoisotopic (exact) mass is 219 g/mol. The van der Waals surface area contributed by atoms with Gasteiger partial charge in [-0.3, -0.25) is 0 Å². The van der Waals surface area contributed by atoms with E-state index in [1.165, 1.54) is 31.4 Å². The highest BCUT2D eigenvalue weighted by Gasteiger charge is 2.20. The summed E-state index contributed by atoms with van der Waals surface area (Å²) in [6, 6.07) is 2.36. The van der Waals surface area contributed by atoms with Gasteiger partial charge in [0.15, 0.2) is 5.82 Å². The SMILES string of the molecule is CN(C)NS(=O)(=O)c1ncccc1F. The van der Waals surface area contributed by atoms with Gasteiger partial charge in [0, 0.05) is 20.3 Å². The topological polar surface area (TPSA) is 62.3 Å². The molecule has 0 amide bonds. The Hall–Kier alpha value is -1.05. The van der Waals surface area contributed by atoms with Crippen LogP contribution in [0.15, 0.2) is 23.4 Å². The Balaban J connectivity index is 3.11. The van der Waals surface area contributed by atoms with Crippen LogP contribution >= 0.6 is 0 Å². The van der Waals surface area contributed by atoms with E-state index in [0.29, 0.717) is 0 Å². The summed E-state index contributed by atoms with van der Waals surface area (Å²) in [6.07, 6.45) is 1.22. The molecule has 0 bridgehead atoms. The Morgan fingerprint density at radius 1 is 1.50 bits per heavy atom. The van der Waals surface area contributed by atoms with Crippen molar-refractivity contribution in [3.8, 4) is 0 Å². The van der Waals surface area contributed by atoms with E-state index in [-0.39, 0.29) is 0 Å². The summed E-state index contributed by atoms with van der Waals surface area (Å²) in [4.78, 5) is 5.53. The van der Waals surface area contributed by atoms with Crippen molar-refractivity contribution in [2.24, 2.45) is 0 Å². The molecule has 0 atom stereocenters. The van der Waals surface area contributed by atoms with Gasteiger partial charge in [-0.2, -0.15) is 0 Å². The highest BCUT2D eigenvalue weighted by Crippen LogP contribution is 2.09. The van der Waals surface area contributed by atoms with Gasteiger partial charge in [0.05, 0.1) is 0 Å². The number of nitrogens with one attached hydrogen (secondary N) is 1. The summed E-state index contributed by atoms with van der Waals surface area (Å²) in [7, 11) is -0.931. The lowest BCUT2D eigenvalue weighted by Crippen LogP contribution is -2.36. The number of sulfonamides is 1. The highest BCUT2D eigenvalue weighted by atomic mass is 32.2. The maximum absolute atomic E-state index is 13.0. The van der Waals surface area contributed by atoms with Crippen LogP contribution in [0, 0.1) is 5.82 Å². The molecule has 0 saturated carbocycles. The number of nitrogens with zero attached hydrogens (tertiary/aromatic N) is 2. The van der Waals surface area contributed by atoms with Crippen LogP contribution in [0.2, 0.25) is 0 Å². The summed E-state index contributed by atoms with van der Waals surface area (Å²) in [5.41, 5.74) is 0. The van der Waals surface area contributed by atoms with Crippen LogP contribution in [0.25, 0.3) is 0 Å². The molecule has 1 aromatic heterocycles. The number of halogens is 1. The maximum Gasteiger partial charge on any atom is 0.273 e. The van der Waals surface area contributed by atoms with Crippen LogP contribution < -0.4 is 4.83 Å². The molecule has 5 nitrogen and oxygen atoms in total. The molecular formula is C7H10FN3O2S. The zero-order valence-electron chi connectivity index (χ0n) is 7.73. The third-order valence-electron chi connectivity index (χ3n) is 1.28. The van der Waals surface area contributed by atoms with Crippen LogP contribution in [0.3, 0.4) is 0 Å². The van der Waals surface area contributed by atoms with Gasteiger partial charge in [-0.25, -0.2) is 22.8 Å². The second kappa shape index (κ2) is 3.99. The first-order valence-electron chi connectivity index (χ1n) is 3.74. The van der Waals surface area contributed by atoms with Crippen molar-refractivity contribution in [3.05, 3.63) is 24.1 Å². The van der Waals surface area contributed by atoms with Crippen LogP contribution in [0.4, 0.5) is 4.39 Å². The Kier molecular flexibility index (Phi) is 3.14. The van der Waals surface area contributed by atoms with Gasteiger partial charge in [-0.05, 0) is 12.1 Å². The van der Waals surface area contributed by atoms with Gasteiger partial charge in [0.25, 0.3) is 10.0 Å². The fourth-order valence-electron chi connectivity index (χ4n) is 0.853. The van der Waals surface area contributed by atoms with E-state index in [1.807, 2.05) is 0 Å². The fourth-order valence-corrected chi connectivity index (χ4v) is 1.94. The lowest BCUT2D eigenvalue weighted by molar-refractivity contribution is 0.361. The van der Waals surface area contributed by atoms with E-state index in [2.05, 4.69) is 9.82 Å². The standard InChI is InChI=1S/C7H10FN3O2S/c1-11(2)10-14(12,13)7-6(8)4-3-5-9-7/h3-5,10H,1-2H3. The van der Waals surface area contributed by atoms with E-state index in [4.69, 9.17) is 0 Å². The predicted octanol–water partition coefficient (Wildman–Crippen LogP) is -0.0244. The predicted molar refractivity (Wildman–Crippen MR) is 48.2 cm³/mol. The van der Waals surface area contributed by atoms with Crippen LogP contribution in [0.1, 0.15) is 0 Å². The van der Waals surface area contributed by atoms with Gasteiger partial charge in [0.2, 0.25) is 5.03 Å². The lowest BCUT2D eigenvalue weighted by atomic mass is 10.5. The highest BCUT2D eigenvalue weighted by molar-refractivity contribution is 7.89. The zero-order valence-corrected chi connectivity index (χ0v) is 8.55. The molecular weight excluding hydrogens is 209 g/mol. The normalized spacial score (nSPS) is 12.0. The van der Waals surface area contributed by atoms with Crippen molar-refractivity contribution in [1.29, 1.82) is 0 Å².